The monoisotopic (exact) mass is 316 g/mol. The van der Waals surface area contributed by atoms with Crippen LogP contribution in [-0.2, 0) is 16.1 Å². The van der Waals surface area contributed by atoms with Gasteiger partial charge in [0, 0.05) is 17.7 Å². The first-order valence-corrected chi connectivity index (χ1v) is 6.83. The second-order valence-corrected chi connectivity index (χ2v) is 4.98. The second kappa shape index (κ2) is 5.91. The number of rotatable bonds is 5. The summed E-state index contributed by atoms with van der Waals surface area (Å²) in [4.78, 5) is 33.9. The molecule has 23 heavy (non-hydrogen) atoms. The predicted molar refractivity (Wildman–Crippen MR) is 76.4 cm³/mol. The van der Waals surface area contributed by atoms with Crippen molar-refractivity contribution in [1.29, 1.82) is 0 Å². The number of benzene rings is 1. The Balaban J connectivity index is 1.67. The lowest BCUT2D eigenvalue weighted by Gasteiger charge is -2.10. The first-order chi connectivity index (χ1) is 11.0. The molecule has 1 N–H and O–H groups in total. The van der Waals surface area contributed by atoms with Crippen LogP contribution in [0.1, 0.15) is 34.2 Å². The third-order valence-corrected chi connectivity index (χ3v) is 3.47. The van der Waals surface area contributed by atoms with Gasteiger partial charge in [0.15, 0.2) is 0 Å². The maximum Gasteiger partial charge on any atom is 0.339 e. The molecule has 0 bridgehead atoms. The molecule has 118 valence electrons. The number of nitro benzene ring substituents is 1. The molecule has 0 saturated heterocycles. The molecule has 8 heteroatoms. The van der Waals surface area contributed by atoms with Gasteiger partial charge in [-0.1, -0.05) is 0 Å². The number of nitrogens with one attached hydrogen (secondary N) is 1. The van der Waals surface area contributed by atoms with Gasteiger partial charge in [-0.3, -0.25) is 14.9 Å². The van der Waals surface area contributed by atoms with Gasteiger partial charge in [0.05, 0.1) is 29.7 Å². The summed E-state index contributed by atoms with van der Waals surface area (Å²) >= 11 is 0. The lowest BCUT2D eigenvalue weighted by Crippen LogP contribution is -2.24. The van der Waals surface area contributed by atoms with Gasteiger partial charge < -0.3 is 14.5 Å². The van der Waals surface area contributed by atoms with E-state index in [1.165, 1.54) is 24.5 Å². The summed E-state index contributed by atoms with van der Waals surface area (Å²) in [7, 11) is 0. The summed E-state index contributed by atoms with van der Waals surface area (Å²) in [6, 6.07) is 7.34. The molecule has 0 aliphatic carbocycles. The first kappa shape index (κ1) is 14.8. The van der Waals surface area contributed by atoms with Crippen molar-refractivity contribution < 1.29 is 23.7 Å². The Kier molecular flexibility index (Phi) is 3.80. The van der Waals surface area contributed by atoms with Crippen molar-refractivity contribution in [2.75, 3.05) is 0 Å². The largest absolute Gasteiger partial charge is 0.467 e. The molecule has 1 aliphatic rings. The lowest BCUT2D eigenvalue weighted by molar-refractivity contribution is -0.384. The molecule has 1 atom stereocenters. The Bertz CT molecular complexity index is 768. The van der Waals surface area contributed by atoms with E-state index in [0.29, 0.717) is 11.3 Å². The number of carbonyl (C=O) groups excluding carboxylic acids is 2. The van der Waals surface area contributed by atoms with E-state index in [9.17, 15) is 19.7 Å². The number of furan rings is 1. The quantitative estimate of drug-likeness (QED) is 0.513. The van der Waals surface area contributed by atoms with E-state index < -0.39 is 17.0 Å². The molecule has 1 aromatic carbocycles. The summed E-state index contributed by atoms with van der Waals surface area (Å²) in [5.74, 6) is -0.365. The predicted octanol–water partition coefficient (Wildman–Crippen LogP) is 2.11. The number of hydrogen-bond donors (Lipinski definition) is 1. The van der Waals surface area contributed by atoms with Gasteiger partial charge in [0.1, 0.15) is 11.9 Å². The van der Waals surface area contributed by atoms with Crippen molar-refractivity contribution in [3.8, 4) is 0 Å². The molecule has 8 nitrogen and oxygen atoms in total. The van der Waals surface area contributed by atoms with Crippen molar-refractivity contribution in [3.05, 3.63) is 63.6 Å². The fourth-order valence-electron chi connectivity index (χ4n) is 2.36. The molecule has 3 rings (SSSR count). The fourth-order valence-corrected chi connectivity index (χ4v) is 2.36. The van der Waals surface area contributed by atoms with Gasteiger partial charge in [0.25, 0.3) is 5.69 Å². The van der Waals surface area contributed by atoms with Gasteiger partial charge in [-0.05, 0) is 18.2 Å². The van der Waals surface area contributed by atoms with Gasteiger partial charge >= 0.3 is 5.97 Å². The Labute approximate surface area is 130 Å². The number of fused-ring (bicyclic) bond motifs is 1. The average molecular weight is 316 g/mol. The molecule has 1 aromatic heterocycles. The van der Waals surface area contributed by atoms with Crippen molar-refractivity contribution in [2.24, 2.45) is 0 Å². The van der Waals surface area contributed by atoms with Gasteiger partial charge in [-0.25, -0.2) is 4.79 Å². The summed E-state index contributed by atoms with van der Waals surface area (Å²) in [6.45, 7) is 0.236. The number of ether oxygens (including phenoxy) is 1. The van der Waals surface area contributed by atoms with Crippen molar-refractivity contribution in [3.63, 3.8) is 0 Å². The standard InChI is InChI=1S/C15H12N2O6/c18-14(16-8-10-2-1-5-22-10)7-13-11-4-3-9(17(20)21)6-12(11)15(19)23-13/h1-6,13H,7-8H2,(H,16,18)/t13-/m0/s1. The van der Waals surface area contributed by atoms with Gasteiger partial charge in [-0.2, -0.15) is 0 Å². The van der Waals surface area contributed by atoms with Crippen LogP contribution in [0.15, 0.2) is 41.0 Å². The molecule has 0 spiro atoms. The minimum Gasteiger partial charge on any atom is -0.467 e. The number of nitrogens with zero attached hydrogens (tertiary/aromatic N) is 1. The molecular weight excluding hydrogens is 304 g/mol. The Morgan fingerprint density at radius 3 is 2.87 bits per heavy atom. The van der Waals surface area contributed by atoms with Gasteiger partial charge in [-0.15, -0.1) is 0 Å². The Hall–Kier alpha value is -3.16. The van der Waals surface area contributed by atoms with Crippen LogP contribution in [0.5, 0.6) is 0 Å². The maximum atomic E-state index is 11.9. The number of hydrogen-bond acceptors (Lipinski definition) is 6. The average Bonchev–Trinajstić information content (AvgIpc) is 3.14. The van der Waals surface area contributed by atoms with E-state index in [1.54, 1.807) is 12.1 Å². The summed E-state index contributed by atoms with van der Waals surface area (Å²) in [5.41, 5.74) is 0.417. The molecule has 0 unspecified atom stereocenters. The first-order valence-electron chi connectivity index (χ1n) is 6.83. The van der Waals surface area contributed by atoms with Gasteiger partial charge in [0.2, 0.25) is 5.91 Å². The van der Waals surface area contributed by atoms with E-state index >= 15 is 0 Å². The fraction of sp³-hybridized carbons (Fsp3) is 0.200. The molecular formula is C15H12N2O6. The van der Waals surface area contributed by atoms with E-state index in [0.717, 1.165) is 0 Å². The zero-order valence-electron chi connectivity index (χ0n) is 11.9. The van der Waals surface area contributed by atoms with Crippen molar-refractivity contribution in [2.45, 2.75) is 19.1 Å². The lowest BCUT2D eigenvalue weighted by atomic mass is 10.0. The zero-order chi connectivity index (χ0) is 16.4. The van der Waals surface area contributed by atoms with Crippen LogP contribution in [-0.4, -0.2) is 16.8 Å². The molecule has 0 fully saturated rings. The molecule has 1 aliphatic heterocycles. The number of esters is 1. The SMILES string of the molecule is O=C(C[C@@H]1OC(=O)c2cc([N+](=O)[O-])ccc21)NCc1ccco1. The molecule has 0 saturated carbocycles. The zero-order valence-corrected chi connectivity index (χ0v) is 11.9. The van der Waals surface area contributed by atoms with E-state index in [2.05, 4.69) is 5.32 Å². The minimum atomic E-state index is -0.741. The summed E-state index contributed by atoms with van der Waals surface area (Å²) < 4.78 is 10.2. The number of cyclic esters (lactones) is 1. The highest BCUT2D eigenvalue weighted by molar-refractivity contribution is 5.95. The van der Waals surface area contributed by atoms with E-state index in [1.807, 2.05) is 0 Å². The van der Waals surface area contributed by atoms with Crippen LogP contribution >= 0.6 is 0 Å². The molecule has 1 amide bonds. The highest BCUT2D eigenvalue weighted by Gasteiger charge is 2.33. The van der Waals surface area contributed by atoms with Crippen LogP contribution in [0.4, 0.5) is 5.69 Å². The number of nitro groups is 1. The maximum absolute atomic E-state index is 11.9. The van der Waals surface area contributed by atoms with Crippen LogP contribution in [0.25, 0.3) is 0 Å². The van der Waals surface area contributed by atoms with Crippen LogP contribution in [0.3, 0.4) is 0 Å². The number of non-ortho nitro benzene ring substituents is 1. The molecule has 2 heterocycles. The summed E-state index contributed by atoms with van der Waals surface area (Å²) in [5, 5.41) is 13.4. The van der Waals surface area contributed by atoms with Crippen LogP contribution in [0, 0.1) is 10.1 Å². The number of amides is 1. The highest BCUT2D eigenvalue weighted by atomic mass is 16.6. The van der Waals surface area contributed by atoms with E-state index in [4.69, 9.17) is 9.15 Å². The molecule has 2 aromatic rings. The smallest absolute Gasteiger partial charge is 0.339 e. The Morgan fingerprint density at radius 1 is 1.35 bits per heavy atom. The second-order valence-electron chi connectivity index (χ2n) is 4.98. The normalized spacial score (nSPS) is 15.8. The molecule has 0 radical (unpaired) electrons. The highest BCUT2D eigenvalue weighted by Crippen LogP contribution is 2.35. The van der Waals surface area contributed by atoms with Crippen molar-refractivity contribution >= 4 is 17.6 Å². The third-order valence-electron chi connectivity index (χ3n) is 3.47. The third kappa shape index (κ3) is 3.05. The summed E-state index contributed by atoms with van der Waals surface area (Å²) in [6.07, 6.45) is 0.704. The Morgan fingerprint density at radius 2 is 2.17 bits per heavy atom. The minimum absolute atomic E-state index is 0.0583. The van der Waals surface area contributed by atoms with Crippen molar-refractivity contribution in [1.82, 2.24) is 5.32 Å². The van der Waals surface area contributed by atoms with E-state index in [-0.39, 0.29) is 30.1 Å². The number of carbonyl (C=O) groups is 2. The van der Waals surface area contributed by atoms with Crippen LogP contribution in [0.2, 0.25) is 0 Å². The van der Waals surface area contributed by atoms with Crippen LogP contribution < -0.4 is 5.32 Å². The topological polar surface area (TPSA) is 112 Å².